The molecule has 0 unspecified atom stereocenters. The highest BCUT2D eigenvalue weighted by Gasteiger charge is 2.42. The molecule has 5 rings (SSSR count). The van der Waals surface area contributed by atoms with Crippen LogP contribution in [0.5, 0.6) is 0 Å². The number of hydrogen-bond donors (Lipinski definition) is 1. The molecule has 7 heteroatoms. The number of hydrogen-bond acceptors (Lipinski definition) is 4. The van der Waals surface area contributed by atoms with Crippen LogP contribution in [0.1, 0.15) is 25.7 Å². The number of benzene rings is 1. The van der Waals surface area contributed by atoms with Gasteiger partial charge in [0, 0.05) is 32.2 Å². The van der Waals surface area contributed by atoms with Crippen LogP contribution < -0.4 is 11.0 Å². The van der Waals surface area contributed by atoms with Crippen molar-refractivity contribution in [3.8, 4) is 0 Å². The third-order valence-corrected chi connectivity index (χ3v) is 6.33. The fourth-order valence-corrected chi connectivity index (χ4v) is 4.43. The van der Waals surface area contributed by atoms with E-state index in [0.717, 1.165) is 38.4 Å². The lowest BCUT2D eigenvalue weighted by Gasteiger charge is -2.26. The van der Waals surface area contributed by atoms with E-state index in [0.29, 0.717) is 23.9 Å². The van der Waals surface area contributed by atoms with E-state index in [1.807, 2.05) is 24.3 Å². The van der Waals surface area contributed by atoms with Gasteiger partial charge in [-0.25, -0.2) is 14.2 Å². The molecule has 1 N–H and O–H groups in total. The highest BCUT2D eigenvalue weighted by atomic mass is 16.5. The monoisotopic (exact) mass is 384 g/mol. The van der Waals surface area contributed by atoms with Crippen LogP contribution in [0.3, 0.4) is 0 Å². The first kappa shape index (κ1) is 17.9. The maximum atomic E-state index is 13.2. The van der Waals surface area contributed by atoms with Crippen molar-refractivity contribution in [1.82, 2.24) is 19.4 Å². The average molecular weight is 384 g/mol. The van der Waals surface area contributed by atoms with Crippen LogP contribution in [-0.2, 0) is 11.3 Å². The molecule has 1 amide bonds. The minimum atomic E-state index is -0.268. The van der Waals surface area contributed by atoms with E-state index in [1.165, 1.54) is 30.3 Å². The van der Waals surface area contributed by atoms with Crippen LogP contribution in [0.2, 0.25) is 0 Å². The Balaban J connectivity index is 1.41. The van der Waals surface area contributed by atoms with E-state index in [-0.39, 0.29) is 17.8 Å². The van der Waals surface area contributed by atoms with Crippen LogP contribution in [0, 0.1) is 11.8 Å². The van der Waals surface area contributed by atoms with E-state index in [9.17, 15) is 9.59 Å². The normalized spacial score (nSPS) is 20.8. The first-order valence-corrected chi connectivity index (χ1v) is 10.5. The highest BCUT2D eigenvalue weighted by Crippen LogP contribution is 2.44. The number of imidazole rings is 1. The van der Waals surface area contributed by atoms with Crippen molar-refractivity contribution in [3.05, 3.63) is 34.7 Å². The van der Waals surface area contributed by atoms with E-state index < -0.39 is 0 Å². The van der Waals surface area contributed by atoms with Crippen molar-refractivity contribution in [3.63, 3.8) is 0 Å². The molecule has 1 saturated heterocycles. The predicted molar refractivity (Wildman–Crippen MR) is 107 cm³/mol. The molecule has 1 aromatic heterocycles. The number of ether oxygens (including phenoxy) is 1. The Morgan fingerprint density at radius 1 is 1.04 bits per heavy atom. The molecule has 0 spiro atoms. The van der Waals surface area contributed by atoms with Gasteiger partial charge < -0.3 is 10.1 Å². The van der Waals surface area contributed by atoms with Gasteiger partial charge in [-0.1, -0.05) is 12.1 Å². The highest BCUT2D eigenvalue weighted by molar-refractivity contribution is 5.89. The topological polar surface area (TPSA) is 68.5 Å². The molecular formula is C21H28N4O3. The summed E-state index contributed by atoms with van der Waals surface area (Å²) in [4.78, 5) is 28.6. The Morgan fingerprint density at radius 3 is 2.32 bits per heavy atom. The molecular weight excluding hydrogens is 356 g/mol. The van der Waals surface area contributed by atoms with E-state index in [1.54, 1.807) is 4.57 Å². The lowest BCUT2D eigenvalue weighted by atomic mass is 10.1. The van der Waals surface area contributed by atoms with Gasteiger partial charge in [0.2, 0.25) is 0 Å². The van der Waals surface area contributed by atoms with Gasteiger partial charge >= 0.3 is 11.7 Å². The smallest absolute Gasteiger partial charge is 0.337 e. The molecule has 2 aromatic rings. The molecule has 7 nitrogen and oxygen atoms in total. The molecule has 2 saturated carbocycles. The zero-order valence-corrected chi connectivity index (χ0v) is 16.2. The van der Waals surface area contributed by atoms with Crippen LogP contribution >= 0.6 is 0 Å². The van der Waals surface area contributed by atoms with Crippen LogP contribution in [-0.4, -0.2) is 59.0 Å². The Labute approximate surface area is 164 Å². The summed E-state index contributed by atoms with van der Waals surface area (Å²) >= 11 is 0. The molecule has 0 radical (unpaired) electrons. The second-order valence-electron chi connectivity index (χ2n) is 8.36. The summed E-state index contributed by atoms with van der Waals surface area (Å²) < 4.78 is 8.48. The molecule has 1 aromatic carbocycles. The first-order valence-electron chi connectivity index (χ1n) is 10.5. The maximum absolute atomic E-state index is 13.2. The summed E-state index contributed by atoms with van der Waals surface area (Å²) in [5.41, 5.74) is 1.28. The van der Waals surface area contributed by atoms with Crippen molar-refractivity contribution in [1.29, 1.82) is 0 Å². The number of carbonyl (C=O) groups is 1. The van der Waals surface area contributed by atoms with Crippen molar-refractivity contribution in [2.75, 3.05) is 32.8 Å². The lowest BCUT2D eigenvalue weighted by molar-refractivity contribution is 0.0364. The third kappa shape index (κ3) is 3.49. The van der Waals surface area contributed by atoms with Gasteiger partial charge in [0.05, 0.1) is 24.2 Å². The minimum Gasteiger partial charge on any atom is -0.379 e. The molecule has 28 heavy (non-hydrogen) atoms. The Kier molecular flexibility index (Phi) is 4.72. The number of nitrogens with one attached hydrogen (secondary N) is 1. The molecule has 150 valence electrons. The Bertz CT molecular complexity index is 907. The number of rotatable bonds is 6. The number of morpholine rings is 1. The fraction of sp³-hybridized carbons (Fsp3) is 0.619. The number of para-hydroxylation sites is 2. The number of amides is 1. The van der Waals surface area contributed by atoms with Gasteiger partial charge in [0.25, 0.3) is 0 Å². The van der Waals surface area contributed by atoms with Gasteiger partial charge in [-0.2, -0.15) is 0 Å². The molecule has 3 fully saturated rings. The van der Waals surface area contributed by atoms with Gasteiger partial charge in [0.15, 0.2) is 0 Å². The van der Waals surface area contributed by atoms with Gasteiger partial charge in [0.1, 0.15) is 0 Å². The third-order valence-electron chi connectivity index (χ3n) is 6.33. The zero-order valence-electron chi connectivity index (χ0n) is 16.2. The Hall–Kier alpha value is -2.12. The van der Waals surface area contributed by atoms with E-state index in [2.05, 4.69) is 10.2 Å². The second-order valence-corrected chi connectivity index (χ2v) is 8.36. The molecule has 2 aliphatic carbocycles. The van der Waals surface area contributed by atoms with Crippen molar-refractivity contribution in [2.24, 2.45) is 11.8 Å². The zero-order chi connectivity index (χ0) is 19.1. The predicted octanol–water partition coefficient (Wildman–Crippen LogP) is 1.88. The summed E-state index contributed by atoms with van der Waals surface area (Å²) in [6, 6.07) is 7.57. The van der Waals surface area contributed by atoms with E-state index in [4.69, 9.17) is 4.74 Å². The summed E-state index contributed by atoms with van der Waals surface area (Å²) in [5, 5.41) is 3.19. The largest absolute Gasteiger partial charge is 0.379 e. The van der Waals surface area contributed by atoms with Crippen molar-refractivity contribution >= 4 is 17.1 Å². The van der Waals surface area contributed by atoms with Gasteiger partial charge in [-0.05, 0) is 49.7 Å². The summed E-state index contributed by atoms with van der Waals surface area (Å²) in [5.74, 6) is 1.20. The summed E-state index contributed by atoms with van der Waals surface area (Å²) in [7, 11) is 0. The molecule has 3 aliphatic rings. The van der Waals surface area contributed by atoms with Crippen molar-refractivity contribution in [2.45, 2.75) is 38.3 Å². The Morgan fingerprint density at radius 2 is 1.68 bits per heavy atom. The number of fused-ring (bicyclic) bond motifs is 1. The molecule has 0 atom stereocenters. The summed E-state index contributed by atoms with van der Waals surface area (Å²) in [6.45, 7) is 4.61. The molecule has 0 bridgehead atoms. The minimum absolute atomic E-state index is 0.231. The van der Waals surface area contributed by atoms with Crippen molar-refractivity contribution < 1.29 is 9.53 Å². The SMILES string of the molecule is O=C(NC(C1CC1)C1CC1)n1c(=O)n(CCN2CCOCC2)c2ccccc21. The number of aromatic nitrogens is 2. The number of carbonyl (C=O) groups excluding carboxylic acids is 1. The molecule has 2 heterocycles. The molecule has 1 aliphatic heterocycles. The van der Waals surface area contributed by atoms with Crippen LogP contribution in [0.4, 0.5) is 4.79 Å². The standard InChI is InChI=1S/C21H28N4O3/c26-20(22-19(15-5-6-15)16-7-8-16)25-18-4-2-1-3-17(18)24(21(25)27)10-9-23-11-13-28-14-12-23/h1-4,15-16,19H,5-14H2,(H,22,26). The van der Waals surface area contributed by atoms with Gasteiger partial charge in [-0.3, -0.25) is 9.47 Å². The maximum Gasteiger partial charge on any atom is 0.337 e. The van der Waals surface area contributed by atoms with Gasteiger partial charge in [-0.15, -0.1) is 0 Å². The quantitative estimate of drug-likeness (QED) is 0.826. The second kappa shape index (κ2) is 7.37. The lowest BCUT2D eigenvalue weighted by Crippen LogP contribution is -2.44. The average Bonchev–Trinajstić information content (AvgIpc) is 3.62. The van der Waals surface area contributed by atoms with Crippen LogP contribution in [0.15, 0.2) is 29.1 Å². The fourth-order valence-electron chi connectivity index (χ4n) is 4.43. The van der Waals surface area contributed by atoms with E-state index >= 15 is 0 Å². The number of nitrogens with zero attached hydrogens (tertiary/aromatic N) is 3. The summed E-state index contributed by atoms with van der Waals surface area (Å²) in [6.07, 6.45) is 4.77. The van der Waals surface area contributed by atoms with Crippen LogP contribution in [0.25, 0.3) is 11.0 Å². The first-order chi connectivity index (χ1) is 13.7.